The highest BCUT2D eigenvalue weighted by molar-refractivity contribution is 8.18. The molecule has 154 valence electrons. The van der Waals surface area contributed by atoms with E-state index in [0.717, 1.165) is 36.9 Å². The Morgan fingerprint density at radius 2 is 1.90 bits per heavy atom. The number of amidine groups is 1. The maximum atomic E-state index is 13.3. The molecule has 6 heteroatoms. The van der Waals surface area contributed by atoms with Crippen LogP contribution in [0.3, 0.4) is 0 Å². The lowest BCUT2D eigenvalue weighted by molar-refractivity contribution is -0.124. The Balaban J connectivity index is 1.66. The molecule has 0 radical (unpaired) electrons. The van der Waals surface area contributed by atoms with Crippen LogP contribution in [0.2, 0.25) is 0 Å². The Kier molecular flexibility index (Phi) is 6.70. The van der Waals surface area contributed by atoms with Gasteiger partial charge in [-0.1, -0.05) is 67.3 Å². The van der Waals surface area contributed by atoms with Crippen LogP contribution in [-0.2, 0) is 4.79 Å². The van der Waals surface area contributed by atoms with Gasteiger partial charge in [0, 0.05) is 16.8 Å². The number of amides is 1. The van der Waals surface area contributed by atoms with Gasteiger partial charge in [-0.05, 0) is 61.4 Å². The van der Waals surface area contributed by atoms with Crippen molar-refractivity contribution >= 4 is 46.3 Å². The summed E-state index contributed by atoms with van der Waals surface area (Å²) in [5.41, 5.74) is 1.90. The number of aromatic nitrogens is 1. The summed E-state index contributed by atoms with van der Waals surface area (Å²) < 4.78 is 0. The van der Waals surface area contributed by atoms with Crippen LogP contribution in [0.15, 0.2) is 69.5 Å². The minimum absolute atomic E-state index is 0.0158. The van der Waals surface area contributed by atoms with Gasteiger partial charge < -0.3 is 0 Å². The monoisotopic (exact) mass is 437 g/mol. The summed E-state index contributed by atoms with van der Waals surface area (Å²) in [4.78, 5) is 25.0. The zero-order valence-corrected chi connectivity index (χ0v) is 18.5. The third-order valence-electron chi connectivity index (χ3n) is 5.23. The van der Waals surface area contributed by atoms with Crippen molar-refractivity contribution in [3.05, 3.63) is 75.8 Å². The molecule has 2 aliphatic rings. The van der Waals surface area contributed by atoms with E-state index in [-0.39, 0.29) is 11.9 Å². The Hall–Kier alpha value is -2.37. The van der Waals surface area contributed by atoms with E-state index in [2.05, 4.69) is 4.98 Å². The maximum Gasteiger partial charge on any atom is 0.267 e. The molecule has 1 saturated heterocycles. The molecule has 1 aromatic heterocycles. The van der Waals surface area contributed by atoms with Crippen LogP contribution in [-0.4, -0.2) is 27.0 Å². The van der Waals surface area contributed by atoms with E-state index in [1.807, 2.05) is 66.4 Å². The number of aryl methyl sites for hydroxylation is 1. The molecule has 30 heavy (non-hydrogen) atoms. The Bertz CT molecular complexity index is 1010. The molecular weight excluding hydrogens is 414 g/mol. The number of benzene rings is 1. The SMILES string of the molecule is Cc1cccc(/N=C2/S/C(=C\C(Cl)=C\c3ccccc3)C(=O)N2C2CCCCC2)n1. The van der Waals surface area contributed by atoms with Gasteiger partial charge in [0.2, 0.25) is 0 Å². The third-order valence-corrected chi connectivity index (χ3v) is 6.43. The van der Waals surface area contributed by atoms with Crippen molar-refractivity contribution < 1.29 is 4.79 Å². The van der Waals surface area contributed by atoms with Crippen LogP contribution in [0.4, 0.5) is 5.82 Å². The highest BCUT2D eigenvalue weighted by atomic mass is 35.5. The molecule has 0 unspecified atom stereocenters. The van der Waals surface area contributed by atoms with Crippen molar-refractivity contribution in [1.82, 2.24) is 9.88 Å². The molecule has 1 aliphatic carbocycles. The first-order valence-corrected chi connectivity index (χ1v) is 11.5. The maximum absolute atomic E-state index is 13.3. The van der Waals surface area contributed by atoms with Crippen LogP contribution in [0.25, 0.3) is 6.08 Å². The number of hydrogen-bond acceptors (Lipinski definition) is 4. The number of thioether (sulfide) groups is 1. The van der Waals surface area contributed by atoms with Gasteiger partial charge in [0.15, 0.2) is 11.0 Å². The van der Waals surface area contributed by atoms with Crippen molar-refractivity contribution in [2.75, 3.05) is 0 Å². The van der Waals surface area contributed by atoms with Gasteiger partial charge in [-0.3, -0.25) is 9.69 Å². The fourth-order valence-electron chi connectivity index (χ4n) is 3.79. The number of hydrogen-bond donors (Lipinski definition) is 0. The second kappa shape index (κ2) is 9.63. The van der Waals surface area contributed by atoms with Gasteiger partial charge >= 0.3 is 0 Å². The molecule has 1 aliphatic heterocycles. The lowest BCUT2D eigenvalue weighted by Gasteiger charge is -2.30. The molecule has 2 fully saturated rings. The number of nitrogens with zero attached hydrogens (tertiary/aromatic N) is 3. The fraction of sp³-hybridized carbons (Fsp3) is 0.292. The Labute approximate surface area is 186 Å². The summed E-state index contributed by atoms with van der Waals surface area (Å²) in [6.45, 7) is 1.94. The molecule has 0 bridgehead atoms. The van der Waals surface area contributed by atoms with Gasteiger partial charge in [-0.2, -0.15) is 0 Å². The first kappa shape index (κ1) is 20.9. The van der Waals surface area contributed by atoms with Crippen LogP contribution in [0.5, 0.6) is 0 Å². The first-order chi connectivity index (χ1) is 14.6. The second-order valence-corrected chi connectivity index (χ2v) is 8.99. The summed E-state index contributed by atoms with van der Waals surface area (Å²) in [5.74, 6) is 0.608. The molecule has 0 N–H and O–H groups in total. The summed E-state index contributed by atoms with van der Waals surface area (Å²) in [6, 6.07) is 15.8. The standard InChI is InChI=1S/C24H24ClN3OS/c1-17-9-8-14-22(26-17)27-24-28(20-12-6-3-7-13-20)23(29)21(30-24)16-19(25)15-18-10-4-2-5-11-18/h2,4-5,8-11,14-16,20H,3,6-7,12-13H2,1H3/b19-15-,21-16-,27-24+. The van der Waals surface area contributed by atoms with Crippen LogP contribution in [0, 0.1) is 6.92 Å². The smallest absolute Gasteiger partial charge is 0.267 e. The van der Waals surface area contributed by atoms with Gasteiger partial charge in [-0.15, -0.1) is 0 Å². The predicted octanol–water partition coefficient (Wildman–Crippen LogP) is 6.45. The summed E-state index contributed by atoms with van der Waals surface area (Å²) in [7, 11) is 0. The van der Waals surface area contributed by atoms with E-state index in [4.69, 9.17) is 16.6 Å². The molecule has 2 aromatic rings. The molecule has 0 atom stereocenters. The van der Waals surface area contributed by atoms with Crippen molar-refractivity contribution in [2.45, 2.75) is 45.1 Å². The van der Waals surface area contributed by atoms with E-state index in [0.29, 0.717) is 20.9 Å². The number of pyridine rings is 1. The van der Waals surface area contributed by atoms with Crippen LogP contribution >= 0.6 is 23.4 Å². The van der Waals surface area contributed by atoms with E-state index >= 15 is 0 Å². The number of carbonyl (C=O) groups excluding carboxylic acids is 1. The Morgan fingerprint density at radius 1 is 1.13 bits per heavy atom. The first-order valence-electron chi connectivity index (χ1n) is 10.3. The molecule has 4 nitrogen and oxygen atoms in total. The molecule has 1 aromatic carbocycles. The lowest BCUT2D eigenvalue weighted by atomic mass is 9.94. The van der Waals surface area contributed by atoms with Gasteiger partial charge in [0.05, 0.1) is 4.91 Å². The number of halogens is 1. The molecule has 2 heterocycles. The van der Waals surface area contributed by atoms with E-state index < -0.39 is 0 Å². The van der Waals surface area contributed by atoms with E-state index in [9.17, 15) is 4.79 Å². The topological polar surface area (TPSA) is 45.6 Å². The van der Waals surface area contributed by atoms with Gasteiger partial charge in [-0.25, -0.2) is 9.98 Å². The van der Waals surface area contributed by atoms with Gasteiger partial charge in [0.25, 0.3) is 5.91 Å². The van der Waals surface area contributed by atoms with Crippen molar-refractivity contribution in [3.8, 4) is 0 Å². The average Bonchev–Trinajstić information content (AvgIpc) is 3.04. The molecule has 1 saturated carbocycles. The zero-order valence-electron chi connectivity index (χ0n) is 16.9. The van der Waals surface area contributed by atoms with Crippen LogP contribution < -0.4 is 0 Å². The summed E-state index contributed by atoms with van der Waals surface area (Å²) in [6.07, 6.45) is 9.15. The minimum atomic E-state index is -0.0158. The van der Waals surface area contributed by atoms with Crippen molar-refractivity contribution in [3.63, 3.8) is 0 Å². The van der Waals surface area contributed by atoms with E-state index in [1.54, 1.807) is 6.08 Å². The number of allylic oxidation sites excluding steroid dienone is 2. The average molecular weight is 438 g/mol. The fourth-order valence-corrected chi connectivity index (χ4v) is 5.13. The number of rotatable bonds is 4. The normalized spacial score (nSPS) is 21.1. The highest BCUT2D eigenvalue weighted by Crippen LogP contribution is 2.38. The second-order valence-electron chi connectivity index (χ2n) is 7.55. The summed E-state index contributed by atoms with van der Waals surface area (Å²) in [5, 5.41) is 1.22. The Morgan fingerprint density at radius 3 is 2.63 bits per heavy atom. The number of aliphatic imine (C=N–C) groups is 1. The molecule has 4 rings (SSSR count). The zero-order chi connectivity index (χ0) is 20.9. The predicted molar refractivity (Wildman–Crippen MR) is 126 cm³/mol. The quantitative estimate of drug-likeness (QED) is 0.516. The lowest BCUT2D eigenvalue weighted by Crippen LogP contribution is -2.40. The van der Waals surface area contributed by atoms with Gasteiger partial charge in [0.1, 0.15) is 0 Å². The molecule has 0 spiro atoms. The molecule has 1 amide bonds. The van der Waals surface area contributed by atoms with Crippen LogP contribution in [0.1, 0.15) is 43.4 Å². The summed E-state index contributed by atoms with van der Waals surface area (Å²) >= 11 is 7.85. The van der Waals surface area contributed by atoms with Crippen molar-refractivity contribution in [1.29, 1.82) is 0 Å². The minimum Gasteiger partial charge on any atom is -0.283 e. The third kappa shape index (κ3) is 5.02. The highest BCUT2D eigenvalue weighted by Gasteiger charge is 2.38. The largest absolute Gasteiger partial charge is 0.283 e. The van der Waals surface area contributed by atoms with Crippen molar-refractivity contribution in [2.24, 2.45) is 4.99 Å². The number of carbonyl (C=O) groups is 1. The van der Waals surface area contributed by atoms with E-state index in [1.165, 1.54) is 18.2 Å². The molecular formula is C24H24ClN3OS.